The van der Waals surface area contributed by atoms with Crippen LogP contribution in [-0.2, 0) is 5.41 Å². The first-order valence-corrected chi connectivity index (χ1v) is 4.92. The Kier molecular flexibility index (Phi) is 2.36. The highest BCUT2D eigenvalue weighted by Crippen LogP contribution is 2.48. The van der Waals surface area contributed by atoms with Gasteiger partial charge < -0.3 is 0 Å². The minimum atomic E-state index is 0.108. The van der Waals surface area contributed by atoms with E-state index in [9.17, 15) is 0 Å². The molecule has 2 rings (SSSR count). The van der Waals surface area contributed by atoms with Crippen LogP contribution in [0.15, 0.2) is 29.4 Å². The van der Waals surface area contributed by atoms with Crippen LogP contribution in [0, 0.1) is 0 Å². The topological polar surface area (TPSA) is 48.8 Å². The molecule has 72 valence electrons. The fraction of sp³-hybridized carbons (Fsp3) is 0.400. The molecule has 0 atom stereocenters. The predicted molar refractivity (Wildman–Crippen MR) is 56.4 cm³/mol. The Morgan fingerprint density at radius 3 is 2.50 bits per heavy atom. The third kappa shape index (κ3) is 1.69. The molecule has 0 saturated heterocycles. The number of hydrogen-bond donors (Lipinski definition) is 0. The first-order valence-electron chi connectivity index (χ1n) is 4.54. The average molecular weight is 208 g/mol. The molecule has 1 saturated carbocycles. The van der Waals surface area contributed by atoms with Crippen molar-refractivity contribution in [2.24, 2.45) is 5.11 Å². The molecule has 3 nitrogen and oxygen atoms in total. The van der Waals surface area contributed by atoms with Crippen molar-refractivity contribution in [3.8, 4) is 0 Å². The second-order valence-corrected chi connectivity index (χ2v) is 4.11. The van der Waals surface area contributed by atoms with Gasteiger partial charge in [-0.1, -0.05) is 28.8 Å². The predicted octanol–water partition coefficient (Wildman–Crippen LogP) is 3.68. The molecular formula is C10H10ClN3. The molecule has 0 bridgehead atoms. The highest BCUT2D eigenvalue weighted by molar-refractivity contribution is 6.30. The summed E-state index contributed by atoms with van der Waals surface area (Å²) in [6, 6.07) is 7.80. The maximum absolute atomic E-state index is 8.29. The lowest BCUT2D eigenvalue weighted by Gasteiger charge is -2.11. The summed E-state index contributed by atoms with van der Waals surface area (Å²) in [5.74, 6) is 0. The smallest absolute Gasteiger partial charge is 0.0406 e. The summed E-state index contributed by atoms with van der Waals surface area (Å²) in [6.07, 6.45) is 2.21. The van der Waals surface area contributed by atoms with Crippen LogP contribution in [-0.4, -0.2) is 6.54 Å². The van der Waals surface area contributed by atoms with Gasteiger partial charge in [-0.25, -0.2) is 0 Å². The van der Waals surface area contributed by atoms with E-state index >= 15 is 0 Å². The lowest BCUT2D eigenvalue weighted by molar-refractivity contribution is 0.701. The monoisotopic (exact) mass is 207 g/mol. The Morgan fingerprint density at radius 2 is 2.00 bits per heavy atom. The first kappa shape index (κ1) is 9.38. The van der Waals surface area contributed by atoms with Crippen LogP contribution in [0.2, 0.25) is 5.02 Å². The van der Waals surface area contributed by atoms with Gasteiger partial charge in [0.2, 0.25) is 0 Å². The maximum Gasteiger partial charge on any atom is 0.0406 e. The fourth-order valence-electron chi connectivity index (χ4n) is 1.66. The van der Waals surface area contributed by atoms with Gasteiger partial charge in [0.15, 0.2) is 0 Å². The van der Waals surface area contributed by atoms with Gasteiger partial charge in [0.05, 0.1) is 0 Å². The molecule has 0 N–H and O–H groups in total. The molecule has 0 unspecified atom stereocenters. The Morgan fingerprint density at radius 1 is 1.36 bits per heavy atom. The molecule has 0 spiro atoms. The van der Waals surface area contributed by atoms with Crippen molar-refractivity contribution in [3.63, 3.8) is 0 Å². The Bertz CT molecular complexity index is 375. The van der Waals surface area contributed by atoms with Crippen molar-refractivity contribution in [1.82, 2.24) is 0 Å². The van der Waals surface area contributed by atoms with Gasteiger partial charge in [0, 0.05) is 21.9 Å². The van der Waals surface area contributed by atoms with E-state index in [0.29, 0.717) is 6.54 Å². The standard InChI is InChI=1S/C10H10ClN3/c11-9-3-1-8(2-4-9)10(5-6-10)7-13-14-12/h1-4H,5-7H2. The van der Waals surface area contributed by atoms with Crippen molar-refractivity contribution in [2.75, 3.05) is 6.54 Å². The Hall–Kier alpha value is -1.18. The van der Waals surface area contributed by atoms with E-state index in [1.54, 1.807) is 0 Å². The van der Waals surface area contributed by atoms with Gasteiger partial charge in [-0.05, 0) is 36.1 Å². The summed E-state index contributed by atoms with van der Waals surface area (Å²) >= 11 is 5.80. The van der Waals surface area contributed by atoms with Crippen LogP contribution in [0.4, 0.5) is 0 Å². The summed E-state index contributed by atoms with van der Waals surface area (Å²) in [7, 11) is 0. The lowest BCUT2D eigenvalue weighted by atomic mass is 9.96. The molecule has 1 aliphatic carbocycles. The summed E-state index contributed by atoms with van der Waals surface area (Å²) in [5, 5.41) is 4.40. The second kappa shape index (κ2) is 3.52. The number of benzene rings is 1. The molecular weight excluding hydrogens is 198 g/mol. The zero-order valence-electron chi connectivity index (χ0n) is 7.65. The maximum atomic E-state index is 8.29. The van der Waals surface area contributed by atoms with Crippen molar-refractivity contribution >= 4 is 11.6 Å². The van der Waals surface area contributed by atoms with Crippen LogP contribution in [0.3, 0.4) is 0 Å². The van der Waals surface area contributed by atoms with Gasteiger partial charge >= 0.3 is 0 Å². The van der Waals surface area contributed by atoms with E-state index in [1.165, 1.54) is 5.56 Å². The molecule has 0 amide bonds. The summed E-state index contributed by atoms with van der Waals surface area (Å²) < 4.78 is 0. The van der Waals surface area contributed by atoms with E-state index in [-0.39, 0.29) is 5.41 Å². The average Bonchev–Trinajstić information content (AvgIpc) is 2.97. The number of rotatable bonds is 3. The van der Waals surface area contributed by atoms with Crippen molar-refractivity contribution in [3.05, 3.63) is 45.3 Å². The third-order valence-electron chi connectivity index (χ3n) is 2.75. The number of nitrogens with zero attached hydrogens (tertiary/aromatic N) is 3. The molecule has 0 heterocycles. The molecule has 1 aromatic carbocycles. The molecule has 1 aromatic rings. The van der Waals surface area contributed by atoms with E-state index in [1.807, 2.05) is 24.3 Å². The van der Waals surface area contributed by atoms with Crippen molar-refractivity contribution < 1.29 is 0 Å². The van der Waals surface area contributed by atoms with Gasteiger partial charge in [0.25, 0.3) is 0 Å². The molecule has 0 aromatic heterocycles. The zero-order chi connectivity index (χ0) is 10.0. The SMILES string of the molecule is [N-]=[N+]=NCC1(c2ccc(Cl)cc2)CC1. The van der Waals surface area contributed by atoms with E-state index in [0.717, 1.165) is 17.9 Å². The first-order chi connectivity index (χ1) is 6.77. The van der Waals surface area contributed by atoms with Crippen LogP contribution in [0.1, 0.15) is 18.4 Å². The number of halogens is 1. The van der Waals surface area contributed by atoms with Crippen LogP contribution < -0.4 is 0 Å². The zero-order valence-corrected chi connectivity index (χ0v) is 8.41. The molecule has 0 radical (unpaired) electrons. The highest BCUT2D eigenvalue weighted by atomic mass is 35.5. The minimum absolute atomic E-state index is 0.108. The molecule has 0 aliphatic heterocycles. The number of hydrogen-bond acceptors (Lipinski definition) is 1. The highest BCUT2D eigenvalue weighted by Gasteiger charge is 2.43. The largest absolute Gasteiger partial charge is 0.0931 e. The summed E-state index contributed by atoms with van der Waals surface area (Å²) in [4.78, 5) is 2.80. The van der Waals surface area contributed by atoms with Crippen LogP contribution in [0.5, 0.6) is 0 Å². The van der Waals surface area contributed by atoms with E-state index < -0.39 is 0 Å². The summed E-state index contributed by atoms with van der Waals surface area (Å²) in [6.45, 7) is 0.561. The molecule has 14 heavy (non-hydrogen) atoms. The van der Waals surface area contributed by atoms with Crippen molar-refractivity contribution in [1.29, 1.82) is 0 Å². The molecule has 1 fully saturated rings. The van der Waals surface area contributed by atoms with E-state index in [2.05, 4.69) is 10.0 Å². The molecule has 1 aliphatic rings. The van der Waals surface area contributed by atoms with Gasteiger partial charge in [-0.15, -0.1) is 0 Å². The normalized spacial score (nSPS) is 17.2. The van der Waals surface area contributed by atoms with Gasteiger partial charge in [-0.3, -0.25) is 0 Å². The Balaban J connectivity index is 2.21. The third-order valence-corrected chi connectivity index (χ3v) is 3.00. The van der Waals surface area contributed by atoms with Gasteiger partial charge in [-0.2, -0.15) is 0 Å². The van der Waals surface area contributed by atoms with E-state index in [4.69, 9.17) is 17.1 Å². The number of azide groups is 1. The van der Waals surface area contributed by atoms with Crippen LogP contribution in [0.25, 0.3) is 10.4 Å². The molecule has 4 heteroatoms. The van der Waals surface area contributed by atoms with Gasteiger partial charge in [0.1, 0.15) is 0 Å². The second-order valence-electron chi connectivity index (χ2n) is 3.68. The quantitative estimate of drug-likeness (QED) is 0.413. The minimum Gasteiger partial charge on any atom is -0.0931 e. The fourth-order valence-corrected chi connectivity index (χ4v) is 1.79. The lowest BCUT2D eigenvalue weighted by Crippen LogP contribution is -2.09. The Labute approximate surface area is 87.3 Å². The summed E-state index contributed by atoms with van der Waals surface area (Å²) in [5.41, 5.74) is 9.62. The van der Waals surface area contributed by atoms with Crippen LogP contribution >= 0.6 is 11.6 Å². The van der Waals surface area contributed by atoms with Crippen molar-refractivity contribution in [2.45, 2.75) is 18.3 Å².